The van der Waals surface area contributed by atoms with Gasteiger partial charge in [-0.2, -0.15) is 0 Å². The van der Waals surface area contributed by atoms with Crippen molar-refractivity contribution < 1.29 is 24.3 Å². The molecule has 37 heavy (non-hydrogen) atoms. The van der Waals surface area contributed by atoms with Gasteiger partial charge in [0, 0.05) is 42.7 Å². The Balaban J connectivity index is 1.24. The number of rotatable bonds is 8. The molecule has 1 saturated heterocycles. The summed E-state index contributed by atoms with van der Waals surface area (Å²) in [5, 5.41) is 11.2. The van der Waals surface area contributed by atoms with Crippen LogP contribution in [0.15, 0.2) is 54.7 Å². The van der Waals surface area contributed by atoms with Crippen LogP contribution < -0.4 is 5.48 Å². The van der Waals surface area contributed by atoms with E-state index in [-0.39, 0.29) is 18.2 Å². The van der Waals surface area contributed by atoms with E-state index in [1.165, 1.54) is 6.08 Å². The van der Waals surface area contributed by atoms with Gasteiger partial charge in [-0.3, -0.25) is 4.79 Å². The molecule has 1 aromatic heterocycles. The predicted octanol–water partition coefficient (Wildman–Crippen LogP) is 5.36. The Hall–Kier alpha value is -3.62. The van der Waals surface area contributed by atoms with E-state index in [1.54, 1.807) is 11.0 Å². The van der Waals surface area contributed by atoms with Crippen molar-refractivity contribution in [2.45, 2.75) is 57.3 Å². The van der Waals surface area contributed by atoms with Crippen molar-refractivity contribution in [3.8, 4) is 0 Å². The van der Waals surface area contributed by atoms with Gasteiger partial charge in [-0.15, -0.1) is 0 Å². The molecule has 3 aromatic rings. The first-order chi connectivity index (χ1) is 18.1. The summed E-state index contributed by atoms with van der Waals surface area (Å²) in [6, 6.07) is 13.9. The van der Waals surface area contributed by atoms with Gasteiger partial charge in [0.1, 0.15) is 0 Å². The van der Waals surface area contributed by atoms with Crippen molar-refractivity contribution in [1.29, 1.82) is 0 Å². The largest absolute Gasteiger partial charge is 0.465 e. The lowest BCUT2D eigenvalue weighted by Crippen LogP contribution is -2.37. The minimum absolute atomic E-state index is 0.184. The van der Waals surface area contributed by atoms with E-state index in [0.29, 0.717) is 19.6 Å². The zero-order chi connectivity index (χ0) is 25.6. The number of carboxylic acid groups (broad SMARTS) is 1. The second-order valence-corrected chi connectivity index (χ2v) is 9.67. The lowest BCUT2D eigenvalue weighted by atomic mass is 9.85. The smallest absolute Gasteiger partial charge is 0.407 e. The van der Waals surface area contributed by atoms with E-state index in [2.05, 4.69) is 22.6 Å². The van der Waals surface area contributed by atoms with Crippen LogP contribution in [-0.2, 0) is 27.2 Å². The minimum Gasteiger partial charge on any atom is -0.465 e. The second-order valence-electron chi connectivity index (χ2n) is 9.67. The molecule has 2 atom stereocenters. The van der Waals surface area contributed by atoms with Crippen LogP contribution >= 0.6 is 0 Å². The third-order valence-electron chi connectivity index (χ3n) is 7.22. The highest BCUT2D eigenvalue weighted by atomic mass is 16.8. The number of ether oxygens (including phenoxy) is 1. The molecule has 2 aliphatic rings. The number of aryl methyl sites for hydroxylation is 1. The maximum absolute atomic E-state index is 12.3. The number of amides is 2. The van der Waals surface area contributed by atoms with Crippen molar-refractivity contribution in [3.05, 3.63) is 77.0 Å². The lowest BCUT2D eigenvalue weighted by molar-refractivity contribution is -0.198. The highest BCUT2D eigenvalue weighted by Gasteiger charge is 2.29. The van der Waals surface area contributed by atoms with Crippen LogP contribution in [0.1, 0.15) is 60.4 Å². The number of nitrogens with one attached hydrogen (secondary N) is 2. The van der Waals surface area contributed by atoms with Gasteiger partial charge in [0.2, 0.25) is 0 Å². The zero-order valence-corrected chi connectivity index (χ0v) is 20.8. The first-order valence-electron chi connectivity index (χ1n) is 13.0. The normalized spacial score (nSPS) is 19.6. The van der Waals surface area contributed by atoms with Crippen molar-refractivity contribution >= 4 is 29.0 Å². The van der Waals surface area contributed by atoms with Crippen molar-refractivity contribution in [2.24, 2.45) is 0 Å². The fourth-order valence-corrected chi connectivity index (χ4v) is 5.33. The molecule has 2 heterocycles. The Bertz CT molecular complexity index is 1280. The predicted molar refractivity (Wildman–Crippen MR) is 141 cm³/mol. The third-order valence-corrected chi connectivity index (χ3v) is 7.22. The highest BCUT2D eigenvalue weighted by Crippen LogP contribution is 2.35. The number of nitrogens with zero attached hydrogens (tertiary/aromatic N) is 1. The summed E-state index contributed by atoms with van der Waals surface area (Å²) in [6.07, 6.45) is 9.92. The summed E-state index contributed by atoms with van der Waals surface area (Å²) >= 11 is 0. The molecule has 1 aliphatic heterocycles. The maximum atomic E-state index is 12.3. The number of fused-ring (bicyclic) bond motifs is 2. The van der Waals surface area contributed by atoms with Crippen LogP contribution in [0.4, 0.5) is 4.79 Å². The van der Waals surface area contributed by atoms with Gasteiger partial charge in [-0.05, 0) is 72.9 Å². The summed E-state index contributed by atoms with van der Waals surface area (Å²) in [4.78, 5) is 34.6. The van der Waals surface area contributed by atoms with E-state index in [4.69, 9.17) is 9.57 Å². The number of aromatic amines is 1. The average Bonchev–Trinajstić information content (AvgIpc) is 3.34. The number of hydrogen-bond donors (Lipinski definition) is 3. The third kappa shape index (κ3) is 6.03. The number of hydrogen-bond acceptors (Lipinski definition) is 4. The number of para-hydroxylation sites is 1. The summed E-state index contributed by atoms with van der Waals surface area (Å²) in [7, 11) is 0. The average molecular weight is 504 g/mol. The molecule has 1 aliphatic carbocycles. The van der Waals surface area contributed by atoms with Crippen LogP contribution in [-0.4, -0.2) is 46.4 Å². The van der Waals surface area contributed by atoms with E-state index < -0.39 is 6.09 Å². The molecular weight excluding hydrogens is 470 g/mol. The van der Waals surface area contributed by atoms with Gasteiger partial charge in [-0.1, -0.05) is 36.4 Å². The standard InChI is InChI=1S/C29H33N3O5/c33-27(31-37-28-10-3-4-17-36-28)14-12-20-11-13-24-21(18-20)6-5-9-26(24)32(29(34)35)16-15-22-19-30-25-8-2-1-7-23(22)25/h1-2,7-8,11-14,18-19,26,28,30H,3-6,9-10,15-17H2,(H,31,33)(H,34,35)/b14-12+. The molecule has 3 N–H and O–H groups in total. The van der Waals surface area contributed by atoms with Crippen LogP contribution in [0.25, 0.3) is 17.0 Å². The number of carbonyl (C=O) groups is 2. The van der Waals surface area contributed by atoms with Gasteiger partial charge >= 0.3 is 6.09 Å². The molecule has 1 fully saturated rings. The number of H-pyrrole nitrogens is 1. The summed E-state index contributed by atoms with van der Waals surface area (Å²) in [5.41, 5.74) is 7.68. The molecule has 2 unspecified atom stereocenters. The van der Waals surface area contributed by atoms with Crippen LogP contribution in [0.5, 0.6) is 0 Å². The molecule has 8 nitrogen and oxygen atoms in total. The number of hydroxylamine groups is 1. The summed E-state index contributed by atoms with van der Waals surface area (Å²) in [6.45, 7) is 1.07. The fourth-order valence-electron chi connectivity index (χ4n) is 5.33. The molecule has 0 bridgehead atoms. The van der Waals surface area contributed by atoms with Gasteiger partial charge in [-0.25, -0.2) is 15.1 Å². The SMILES string of the molecule is O=C(/C=C/c1ccc2c(c1)CCCC2N(CCc1c[nH]c2ccccc12)C(=O)O)NOC1CCCCO1. The van der Waals surface area contributed by atoms with E-state index in [9.17, 15) is 14.7 Å². The van der Waals surface area contributed by atoms with Gasteiger partial charge in [0.15, 0.2) is 6.29 Å². The first kappa shape index (κ1) is 25.0. The number of benzene rings is 2. The Labute approximate surface area is 216 Å². The Morgan fingerprint density at radius 2 is 2.05 bits per heavy atom. The van der Waals surface area contributed by atoms with Crippen molar-refractivity contribution in [3.63, 3.8) is 0 Å². The number of aromatic nitrogens is 1. The zero-order valence-electron chi connectivity index (χ0n) is 20.8. The Kier molecular flexibility index (Phi) is 7.87. The van der Waals surface area contributed by atoms with Crippen LogP contribution in [0.2, 0.25) is 0 Å². The fraction of sp³-hybridized carbons (Fsp3) is 0.379. The van der Waals surface area contributed by atoms with Crippen LogP contribution in [0, 0.1) is 0 Å². The lowest BCUT2D eigenvalue weighted by Gasteiger charge is -2.34. The van der Waals surface area contributed by atoms with E-state index >= 15 is 0 Å². The summed E-state index contributed by atoms with van der Waals surface area (Å²) in [5.74, 6) is -0.348. The molecular formula is C29H33N3O5. The van der Waals surface area contributed by atoms with E-state index in [0.717, 1.165) is 71.7 Å². The first-order valence-corrected chi connectivity index (χ1v) is 13.0. The molecule has 0 radical (unpaired) electrons. The van der Waals surface area contributed by atoms with Gasteiger partial charge < -0.3 is 19.7 Å². The summed E-state index contributed by atoms with van der Waals surface area (Å²) < 4.78 is 5.45. The molecule has 8 heteroatoms. The quantitative estimate of drug-likeness (QED) is 0.284. The molecule has 0 saturated carbocycles. The van der Waals surface area contributed by atoms with Crippen LogP contribution in [0.3, 0.4) is 0 Å². The highest BCUT2D eigenvalue weighted by molar-refractivity contribution is 5.91. The minimum atomic E-state index is -0.903. The number of carbonyl (C=O) groups excluding carboxylic acids is 1. The second kappa shape index (κ2) is 11.6. The topological polar surface area (TPSA) is 104 Å². The molecule has 194 valence electrons. The Morgan fingerprint density at radius 3 is 2.89 bits per heavy atom. The maximum Gasteiger partial charge on any atom is 0.407 e. The van der Waals surface area contributed by atoms with Crippen molar-refractivity contribution in [1.82, 2.24) is 15.4 Å². The van der Waals surface area contributed by atoms with Crippen molar-refractivity contribution in [2.75, 3.05) is 13.2 Å². The van der Waals surface area contributed by atoms with Gasteiger partial charge in [0.05, 0.1) is 6.04 Å². The molecule has 5 rings (SSSR count). The van der Waals surface area contributed by atoms with Gasteiger partial charge in [0.25, 0.3) is 5.91 Å². The molecule has 2 aromatic carbocycles. The Morgan fingerprint density at radius 1 is 1.16 bits per heavy atom. The molecule has 0 spiro atoms. The monoisotopic (exact) mass is 503 g/mol. The van der Waals surface area contributed by atoms with E-state index in [1.807, 2.05) is 36.5 Å². The molecule has 2 amide bonds.